The number of ether oxygens (including phenoxy) is 1. The minimum absolute atomic E-state index is 0.140. The zero-order valence-electron chi connectivity index (χ0n) is 13.1. The van der Waals surface area contributed by atoms with Crippen LogP contribution in [0.1, 0.15) is 42.1 Å². The Labute approximate surface area is 135 Å². The summed E-state index contributed by atoms with van der Waals surface area (Å²) in [6.07, 6.45) is 1.57. The molecule has 0 aromatic heterocycles. The van der Waals surface area contributed by atoms with Gasteiger partial charge in [-0.2, -0.15) is 0 Å². The highest BCUT2D eigenvalue weighted by atomic mass is 32.2. The first-order chi connectivity index (χ1) is 10.8. The van der Waals surface area contributed by atoms with E-state index in [-0.39, 0.29) is 17.5 Å². The molecule has 0 fully saturated rings. The summed E-state index contributed by atoms with van der Waals surface area (Å²) in [5.41, 5.74) is 0.396. The van der Waals surface area contributed by atoms with Crippen molar-refractivity contribution in [3.8, 4) is 0 Å². The number of sulfonamides is 1. The van der Waals surface area contributed by atoms with Crippen molar-refractivity contribution in [3.05, 3.63) is 35.4 Å². The fraction of sp³-hybridized carbons (Fsp3) is 0.467. The third-order valence-electron chi connectivity index (χ3n) is 3.23. The van der Waals surface area contributed by atoms with Crippen molar-refractivity contribution < 1.29 is 27.9 Å². The summed E-state index contributed by atoms with van der Waals surface area (Å²) >= 11 is 0. The number of aliphatic carboxylic acids is 1. The number of hydrogen-bond acceptors (Lipinski definition) is 5. The van der Waals surface area contributed by atoms with Crippen LogP contribution in [0.2, 0.25) is 0 Å². The normalized spacial score (nSPS) is 12.6. The number of carbonyl (C=O) groups is 2. The van der Waals surface area contributed by atoms with Crippen molar-refractivity contribution in [1.82, 2.24) is 4.72 Å². The molecule has 1 unspecified atom stereocenters. The predicted octanol–water partition coefficient (Wildman–Crippen LogP) is 1.54. The molecule has 2 N–H and O–H groups in total. The van der Waals surface area contributed by atoms with Crippen molar-refractivity contribution in [3.63, 3.8) is 0 Å². The van der Waals surface area contributed by atoms with E-state index in [2.05, 4.69) is 9.46 Å². The van der Waals surface area contributed by atoms with Crippen LogP contribution in [0.3, 0.4) is 0 Å². The molecule has 1 atom stereocenters. The second-order valence-corrected chi connectivity index (χ2v) is 6.81. The van der Waals surface area contributed by atoms with Crippen molar-refractivity contribution in [1.29, 1.82) is 0 Å². The van der Waals surface area contributed by atoms with E-state index in [1.165, 1.54) is 19.2 Å². The van der Waals surface area contributed by atoms with Gasteiger partial charge in [-0.3, -0.25) is 4.79 Å². The Morgan fingerprint density at radius 2 is 1.96 bits per heavy atom. The molecule has 1 aromatic rings. The number of hydrogen-bond donors (Lipinski definition) is 2. The van der Waals surface area contributed by atoms with Gasteiger partial charge in [0.1, 0.15) is 6.04 Å². The van der Waals surface area contributed by atoms with E-state index in [9.17, 15) is 18.0 Å². The third kappa shape index (κ3) is 5.99. The van der Waals surface area contributed by atoms with Gasteiger partial charge >= 0.3 is 11.9 Å². The molecule has 0 aliphatic heterocycles. The number of carboxylic acid groups (broad SMARTS) is 1. The number of methoxy groups -OCH3 is 1. The van der Waals surface area contributed by atoms with E-state index < -0.39 is 33.8 Å². The number of unbranched alkanes of at least 4 members (excludes halogenated alkanes) is 1. The van der Waals surface area contributed by atoms with Gasteiger partial charge in [-0.1, -0.05) is 38.0 Å². The summed E-state index contributed by atoms with van der Waals surface area (Å²) in [7, 11) is -2.71. The van der Waals surface area contributed by atoms with Crippen LogP contribution in [0, 0.1) is 0 Å². The van der Waals surface area contributed by atoms with Crippen molar-refractivity contribution >= 4 is 22.0 Å². The Morgan fingerprint density at radius 1 is 1.30 bits per heavy atom. The Balaban J connectivity index is 2.94. The molecule has 8 heteroatoms. The lowest BCUT2D eigenvalue weighted by atomic mass is 10.1. The highest BCUT2D eigenvalue weighted by Crippen LogP contribution is 2.14. The van der Waals surface area contributed by atoms with E-state index in [1.54, 1.807) is 12.1 Å². The first-order valence-corrected chi connectivity index (χ1v) is 8.85. The summed E-state index contributed by atoms with van der Waals surface area (Å²) in [5.74, 6) is -2.35. The molecule has 7 nitrogen and oxygen atoms in total. The van der Waals surface area contributed by atoms with Gasteiger partial charge in [0.25, 0.3) is 0 Å². The van der Waals surface area contributed by atoms with E-state index >= 15 is 0 Å². The topological polar surface area (TPSA) is 110 Å². The molecule has 0 saturated carbocycles. The lowest BCUT2D eigenvalue weighted by molar-refractivity contribution is -0.139. The summed E-state index contributed by atoms with van der Waals surface area (Å²) in [5, 5.41) is 9.11. The summed E-state index contributed by atoms with van der Waals surface area (Å²) in [4.78, 5) is 22.8. The van der Waals surface area contributed by atoms with Crippen LogP contribution >= 0.6 is 0 Å². The van der Waals surface area contributed by atoms with Crippen molar-refractivity contribution in [2.75, 3.05) is 7.11 Å². The van der Waals surface area contributed by atoms with Gasteiger partial charge in [0.2, 0.25) is 10.0 Å². The summed E-state index contributed by atoms with van der Waals surface area (Å²) in [6.45, 7) is 1.89. The maximum absolute atomic E-state index is 12.2. The minimum Gasteiger partial charge on any atom is -0.480 e. The maximum atomic E-state index is 12.2. The lowest BCUT2D eigenvalue weighted by Crippen LogP contribution is -2.41. The van der Waals surface area contributed by atoms with Gasteiger partial charge in [0.05, 0.1) is 18.4 Å². The summed E-state index contributed by atoms with van der Waals surface area (Å²) in [6, 6.07) is 4.97. The Hall–Kier alpha value is -1.93. The smallest absolute Gasteiger partial charge is 0.338 e. The zero-order valence-corrected chi connectivity index (χ0v) is 13.9. The quantitative estimate of drug-likeness (QED) is 0.658. The number of esters is 1. The second-order valence-electron chi connectivity index (χ2n) is 5.06. The van der Waals surface area contributed by atoms with E-state index in [0.29, 0.717) is 6.42 Å². The first kappa shape index (κ1) is 19.1. The van der Waals surface area contributed by atoms with Crippen LogP contribution in [-0.4, -0.2) is 38.6 Å². The van der Waals surface area contributed by atoms with Crippen molar-refractivity contribution in [2.24, 2.45) is 0 Å². The molecule has 128 valence electrons. The molecule has 0 bridgehead atoms. The number of carbonyl (C=O) groups excluding carboxylic acids is 1. The average molecular weight is 343 g/mol. The average Bonchev–Trinajstić information content (AvgIpc) is 2.50. The van der Waals surface area contributed by atoms with Gasteiger partial charge in [-0.25, -0.2) is 17.9 Å². The van der Waals surface area contributed by atoms with E-state index in [0.717, 1.165) is 6.42 Å². The standard InChI is InChI=1S/C15H21NO6S/c1-3-4-9-13(14(17)18)16-23(20,21)10-11-7-5-6-8-12(11)15(19)22-2/h5-8,13,16H,3-4,9-10H2,1-2H3,(H,17,18). The van der Waals surface area contributed by atoms with Crippen LogP contribution in [-0.2, 0) is 25.3 Å². The zero-order chi connectivity index (χ0) is 17.5. The van der Waals surface area contributed by atoms with Crippen LogP contribution in [0.25, 0.3) is 0 Å². The van der Waals surface area contributed by atoms with Gasteiger partial charge in [-0.05, 0) is 18.1 Å². The molecule has 0 amide bonds. The van der Waals surface area contributed by atoms with Crippen molar-refractivity contribution in [2.45, 2.75) is 38.0 Å². The first-order valence-electron chi connectivity index (χ1n) is 7.19. The molecular weight excluding hydrogens is 322 g/mol. The molecule has 1 rings (SSSR count). The Kier molecular flexibility index (Phi) is 7.18. The number of rotatable bonds is 9. The molecule has 0 spiro atoms. The second kappa shape index (κ2) is 8.64. The summed E-state index contributed by atoms with van der Waals surface area (Å²) < 4.78 is 31.2. The molecular formula is C15H21NO6S. The highest BCUT2D eigenvalue weighted by molar-refractivity contribution is 7.88. The third-order valence-corrected chi connectivity index (χ3v) is 4.57. The lowest BCUT2D eigenvalue weighted by Gasteiger charge is -2.15. The van der Waals surface area contributed by atoms with Gasteiger partial charge in [0, 0.05) is 0 Å². The van der Waals surface area contributed by atoms with Crippen LogP contribution in [0.5, 0.6) is 0 Å². The molecule has 0 radical (unpaired) electrons. The fourth-order valence-corrected chi connectivity index (χ4v) is 3.46. The maximum Gasteiger partial charge on any atom is 0.338 e. The van der Waals surface area contributed by atoms with Gasteiger partial charge < -0.3 is 9.84 Å². The molecule has 1 aromatic carbocycles. The highest BCUT2D eigenvalue weighted by Gasteiger charge is 2.25. The van der Waals surface area contributed by atoms with Crippen LogP contribution in [0.4, 0.5) is 0 Å². The molecule has 0 heterocycles. The largest absolute Gasteiger partial charge is 0.480 e. The van der Waals surface area contributed by atoms with Gasteiger partial charge in [0.15, 0.2) is 0 Å². The minimum atomic E-state index is -3.91. The van der Waals surface area contributed by atoms with Crippen LogP contribution < -0.4 is 4.72 Å². The van der Waals surface area contributed by atoms with E-state index in [1.807, 2.05) is 6.92 Å². The Bertz CT molecular complexity index is 656. The van der Waals surface area contributed by atoms with Gasteiger partial charge in [-0.15, -0.1) is 0 Å². The molecule has 23 heavy (non-hydrogen) atoms. The molecule has 0 aliphatic rings. The molecule has 0 saturated heterocycles. The monoisotopic (exact) mass is 343 g/mol. The number of carboxylic acids is 1. The fourth-order valence-electron chi connectivity index (χ4n) is 2.06. The van der Waals surface area contributed by atoms with Crippen LogP contribution in [0.15, 0.2) is 24.3 Å². The number of nitrogens with one attached hydrogen (secondary N) is 1. The number of benzene rings is 1. The SMILES string of the molecule is CCCCC(NS(=O)(=O)Cc1ccccc1C(=O)OC)C(=O)O. The molecule has 0 aliphatic carbocycles. The van der Waals surface area contributed by atoms with E-state index in [4.69, 9.17) is 5.11 Å². The Morgan fingerprint density at radius 3 is 2.52 bits per heavy atom. The predicted molar refractivity (Wildman–Crippen MR) is 84.5 cm³/mol.